The molecule has 1 aliphatic rings. The Labute approximate surface area is 120 Å². The second-order valence-electron chi connectivity index (χ2n) is 3.67. The van der Waals surface area contributed by atoms with Crippen LogP contribution in [0.25, 0.3) is 11.5 Å². The van der Waals surface area contributed by atoms with Crippen LogP contribution in [0.1, 0.15) is 45.5 Å². The van der Waals surface area contributed by atoms with Gasteiger partial charge in [-0.05, 0) is 25.0 Å². The van der Waals surface area contributed by atoms with Crippen molar-refractivity contribution in [3.8, 4) is 5.82 Å². The Balaban J connectivity index is 0.000000461. The van der Waals surface area contributed by atoms with Crippen LogP contribution in [-0.2, 0) is 6.42 Å². The van der Waals surface area contributed by atoms with Crippen molar-refractivity contribution in [2.75, 3.05) is 0 Å². The number of nitrogens with two attached hydrogens (primary N) is 1. The molecule has 0 spiro atoms. The maximum Gasteiger partial charge on any atom is 0.174 e. The van der Waals surface area contributed by atoms with Crippen LogP contribution in [0.2, 0.25) is 0 Å². The number of allylic oxidation sites excluding steroid dienone is 1. The SMILES string of the molecule is CC.CC.NC1=CCCc2nn(-c3ccccn3)nc21. The van der Waals surface area contributed by atoms with Gasteiger partial charge in [-0.15, -0.1) is 9.90 Å². The Morgan fingerprint density at radius 1 is 1.10 bits per heavy atom. The zero-order valence-corrected chi connectivity index (χ0v) is 12.7. The van der Waals surface area contributed by atoms with Crippen molar-refractivity contribution in [2.24, 2.45) is 5.73 Å². The monoisotopic (exact) mass is 273 g/mol. The number of pyridine rings is 1. The molecule has 1 aliphatic carbocycles. The van der Waals surface area contributed by atoms with Crippen molar-refractivity contribution in [1.82, 2.24) is 20.0 Å². The lowest BCUT2D eigenvalue weighted by molar-refractivity contribution is 0.716. The molecular formula is C15H23N5. The molecule has 0 fully saturated rings. The summed E-state index contributed by atoms with van der Waals surface area (Å²) in [7, 11) is 0. The van der Waals surface area contributed by atoms with E-state index >= 15 is 0 Å². The van der Waals surface area contributed by atoms with E-state index in [1.807, 2.05) is 52.0 Å². The van der Waals surface area contributed by atoms with Crippen molar-refractivity contribution in [2.45, 2.75) is 40.5 Å². The topological polar surface area (TPSA) is 69.6 Å². The number of aryl methyl sites for hydroxylation is 1. The number of fused-ring (bicyclic) bond motifs is 1. The highest BCUT2D eigenvalue weighted by atomic mass is 15.5. The normalized spacial score (nSPS) is 12.1. The average Bonchev–Trinajstić information content (AvgIpc) is 2.98. The summed E-state index contributed by atoms with van der Waals surface area (Å²) in [6.07, 6.45) is 5.53. The molecule has 0 saturated heterocycles. The lowest BCUT2D eigenvalue weighted by atomic mass is 10.1. The van der Waals surface area contributed by atoms with Crippen LogP contribution in [-0.4, -0.2) is 20.0 Å². The fraction of sp³-hybridized carbons (Fsp3) is 0.400. The van der Waals surface area contributed by atoms with Gasteiger partial charge in [0.05, 0.1) is 11.4 Å². The zero-order valence-electron chi connectivity index (χ0n) is 12.7. The fourth-order valence-corrected chi connectivity index (χ4v) is 1.76. The minimum atomic E-state index is 0.712. The van der Waals surface area contributed by atoms with Crippen molar-refractivity contribution >= 4 is 5.70 Å². The van der Waals surface area contributed by atoms with Crippen LogP contribution in [0.5, 0.6) is 0 Å². The first-order valence-electron chi connectivity index (χ1n) is 7.18. The fourth-order valence-electron chi connectivity index (χ4n) is 1.76. The molecule has 0 bridgehead atoms. The molecule has 0 aliphatic heterocycles. The van der Waals surface area contributed by atoms with Crippen LogP contribution in [0, 0.1) is 0 Å². The van der Waals surface area contributed by atoms with E-state index in [9.17, 15) is 0 Å². The van der Waals surface area contributed by atoms with E-state index in [1.54, 1.807) is 6.20 Å². The van der Waals surface area contributed by atoms with Crippen LogP contribution < -0.4 is 5.73 Å². The summed E-state index contributed by atoms with van der Waals surface area (Å²) in [5.41, 5.74) is 8.31. The smallest absolute Gasteiger partial charge is 0.174 e. The maximum absolute atomic E-state index is 5.86. The van der Waals surface area contributed by atoms with Crippen LogP contribution in [0.15, 0.2) is 30.5 Å². The van der Waals surface area contributed by atoms with Gasteiger partial charge in [-0.3, -0.25) is 0 Å². The van der Waals surface area contributed by atoms with Gasteiger partial charge < -0.3 is 5.73 Å². The second kappa shape index (κ2) is 8.09. The quantitative estimate of drug-likeness (QED) is 0.867. The summed E-state index contributed by atoms with van der Waals surface area (Å²) in [6, 6.07) is 5.64. The Morgan fingerprint density at radius 3 is 2.45 bits per heavy atom. The highest BCUT2D eigenvalue weighted by Gasteiger charge is 2.17. The summed E-state index contributed by atoms with van der Waals surface area (Å²) in [5, 5.41) is 8.75. The van der Waals surface area contributed by atoms with Crippen molar-refractivity contribution in [1.29, 1.82) is 0 Å². The Morgan fingerprint density at radius 2 is 1.85 bits per heavy atom. The lowest BCUT2D eigenvalue weighted by Gasteiger charge is -2.04. The molecule has 2 heterocycles. The number of aromatic nitrogens is 4. The molecule has 2 aromatic heterocycles. The Hall–Kier alpha value is -2.17. The summed E-state index contributed by atoms with van der Waals surface area (Å²) in [6.45, 7) is 8.00. The predicted molar refractivity (Wildman–Crippen MR) is 82.3 cm³/mol. The molecule has 5 nitrogen and oxygen atoms in total. The van der Waals surface area contributed by atoms with E-state index < -0.39 is 0 Å². The molecular weight excluding hydrogens is 250 g/mol. The first-order chi connectivity index (χ1) is 9.84. The molecule has 5 heteroatoms. The van der Waals surface area contributed by atoms with E-state index in [1.165, 1.54) is 4.80 Å². The Kier molecular flexibility index (Phi) is 6.43. The molecule has 0 amide bonds. The van der Waals surface area contributed by atoms with E-state index in [4.69, 9.17) is 5.73 Å². The number of nitrogens with zero attached hydrogens (tertiary/aromatic N) is 4. The molecule has 0 unspecified atom stereocenters. The van der Waals surface area contributed by atoms with Gasteiger partial charge in [0, 0.05) is 6.20 Å². The van der Waals surface area contributed by atoms with Gasteiger partial charge in [0.25, 0.3) is 0 Å². The summed E-state index contributed by atoms with van der Waals surface area (Å²) in [4.78, 5) is 5.73. The van der Waals surface area contributed by atoms with Crippen LogP contribution in [0.4, 0.5) is 0 Å². The van der Waals surface area contributed by atoms with Crippen molar-refractivity contribution in [3.63, 3.8) is 0 Å². The predicted octanol–water partition coefficient (Wildman–Crippen LogP) is 2.96. The summed E-state index contributed by atoms with van der Waals surface area (Å²) < 4.78 is 0. The minimum absolute atomic E-state index is 0.712. The highest BCUT2D eigenvalue weighted by molar-refractivity contribution is 5.62. The van der Waals surface area contributed by atoms with Gasteiger partial charge in [-0.2, -0.15) is 5.10 Å². The minimum Gasteiger partial charge on any atom is -0.397 e. The van der Waals surface area contributed by atoms with Gasteiger partial charge >= 0.3 is 0 Å². The van der Waals surface area contributed by atoms with Gasteiger partial charge in [0.2, 0.25) is 0 Å². The zero-order chi connectivity index (χ0) is 15.0. The lowest BCUT2D eigenvalue weighted by Crippen LogP contribution is -2.05. The number of hydrogen-bond donors (Lipinski definition) is 1. The molecule has 0 atom stereocenters. The largest absolute Gasteiger partial charge is 0.397 e. The second-order valence-corrected chi connectivity index (χ2v) is 3.67. The van der Waals surface area contributed by atoms with Crippen LogP contribution >= 0.6 is 0 Å². The van der Waals surface area contributed by atoms with Gasteiger partial charge in [0.15, 0.2) is 5.82 Å². The maximum atomic E-state index is 5.86. The van der Waals surface area contributed by atoms with Crippen molar-refractivity contribution in [3.05, 3.63) is 41.9 Å². The van der Waals surface area contributed by atoms with Crippen molar-refractivity contribution < 1.29 is 0 Å². The molecule has 2 N–H and O–H groups in total. The third kappa shape index (κ3) is 3.44. The standard InChI is InChI=1S/C11H11N5.2C2H6/c12-8-4-3-5-9-11(8)15-16(14-9)10-6-1-2-7-13-10;2*1-2/h1-2,4,6-7H,3,5,12H2;2*1-2H3. The van der Waals surface area contributed by atoms with E-state index in [2.05, 4.69) is 15.2 Å². The molecule has 108 valence electrons. The molecule has 3 rings (SSSR count). The average molecular weight is 273 g/mol. The van der Waals surface area contributed by atoms with Gasteiger partial charge in [-0.25, -0.2) is 4.98 Å². The number of rotatable bonds is 1. The number of hydrogen-bond acceptors (Lipinski definition) is 4. The molecule has 0 saturated carbocycles. The Bertz CT molecular complexity index is 543. The molecule has 0 aromatic carbocycles. The van der Waals surface area contributed by atoms with E-state index in [-0.39, 0.29) is 0 Å². The first kappa shape index (κ1) is 15.9. The summed E-state index contributed by atoms with van der Waals surface area (Å²) in [5.74, 6) is 0.713. The molecule has 2 aromatic rings. The molecule has 0 radical (unpaired) electrons. The van der Waals surface area contributed by atoms with Crippen LogP contribution in [0.3, 0.4) is 0 Å². The first-order valence-corrected chi connectivity index (χ1v) is 7.18. The van der Waals surface area contributed by atoms with E-state index in [0.717, 1.165) is 24.2 Å². The van der Waals surface area contributed by atoms with Gasteiger partial charge in [-0.1, -0.05) is 39.8 Å². The van der Waals surface area contributed by atoms with Gasteiger partial charge in [0.1, 0.15) is 5.69 Å². The molecule has 20 heavy (non-hydrogen) atoms. The summed E-state index contributed by atoms with van der Waals surface area (Å²) >= 11 is 0. The highest BCUT2D eigenvalue weighted by Crippen LogP contribution is 2.19. The van der Waals surface area contributed by atoms with E-state index in [0.29, 0.717) is 11.5 Å². The third-order valence-electron chi connectivity index (χ3n) is 2.56. The third-order valence-corrected chi connectivity index (χ3v) is 2.56.